The van der Waals surface area contributed by atoms with E-state index in [1.54, 1.807) is 6.07 Å². The van der Waals surface area contributed by atoms with Crippen LogP contribution in [0.3, 0.4) is 0 Å². The summed E-state index contributed by atoms with van der Waals surface area (Å²) in [6, 6.07) is 5.55. The minimum Gasteiger partial charge on any atom is -0.352 e. The van der Waals surface area contributed by atoms with E-state index in [0.29, 0.717) is 26.0 Å². The van der Waals surface area contributed by atoms with Crippen molar-refractivity contribution in [1.82, 2.24) is 9.80 Å². The Labute approximate surface area is 150 Å². The van der Waals surface area contributed by atoms with E-state index in [0.717, 1.165) is 6.07 Å². The molecule has 0 unspecified atom stereocenters. The van der Waals surface area contributed by atoms with Crippen LogP contribution >= 0.6 is 0 Å². The van der Waals surface area contributed by atoms with Gasteiger partial charge in [0.05, 0.1) is 24.3 Å². The Morgan fingerprint density at radius 2 is 2.04 bits per heavy atom. The van der Waals surface area contributed by atoms with Crippen LogP contribution in [-0.4, -0.2) is 46.7 Å². The number of nitrogens with zero attached hydrogens (tertiary/aromatic N) is 2. The van der Waals surface area contributed by atoms with Crippen molar-refractivity contribution in [2.24, 2.45) is 5.92 Å². The van der Waals surface area contributed by atoms with Gasteiger partial charge in [0, 0.05) is 25.9 Å². The Morgan fingerprint density at radius 3 is 2.73 bits per heavy atom. The molecule has 0 bridgehead atoms. The van der Waals surface area contributed by atoms with Crippen molar-refractivity contribution in [3.63, 3.8) is 0 Å². The molecule has 142 valence electrons. The lowest BCUT2D eigenvalue weighted by atomic mass is 10.0. The molecule has 3 saturated heterocycles. The zero-order chi connectivity index (χ0) is 18.7. The Bertz CT molecular complexity index is 721. The van der Waals surface area contributed by atoms with Crippen molar-refractivity contribution < 1.29 is 22.7 Å². The Morgan fingerprint density at radius 1 is 1.31 bits per heavy atom. The van der Waals surface area contributed by atoms with Crippen molar-refractivity contribution in [1.29, 1.82) is 0 Å². The molecule has 1 amide bonds. The Balaban J connectivity index is 1.60. The molecule has 0 aromatic heterocycles. The van der Waals surface area contributed by atoms with Crippen LogP contribution in [-0.2, 0) is 22.3 Å². The number of hydrogen-bond acceptors (Lipinski definition) is 3. The van der Waals surface area contributed by atoms with Gasteiger partial charge in [0.2, 0.25) is 5.91 Å². The van der Waals surface area contributed by atoms with Gasteiger partial charge in [0.25, 0.3) is 0 Å². The van der Waals surface area contributed by atoms with Gasteiger partial charge in [-0.05, 0) is 17.5 Å². The van der Waals surface area contributed by atoms with Crippen LogP contribution < -0.4 is 0 Å². The maximum atomic E-state index is 13.3. The number of ether oxygens (including phenoxy) is 1. The van der Waals surface area contributed by atoms with E-state index in [2.05, 4.69) is 13.8 Å². The predicted octanol–water partition coefficient (Wildman–Crippen LogP) is 3.26. The van der Waals surface area contributed by atoms with E-state index >= 15 is 0 Å². The van der Waals surface area contributed by atoms with Crippen LogP contribution in [0.15, 0.2) is 24.3 Å². The van der Waals surface area contributed by atoms with Gasteiger partial charge >= 0.3 is 6.18 Å². The lowest BCUT2D eigenvalue weighted by Crippen LogP contribution is -2.50. The molecule has 26 heavy (non-hydrogen) atoms. The SMILES string of the molecule is CC(C)[C@@H]1CO[C@@]23CCN(Cc4ccccc4C(F)(F)F)[C@@H]2CC(=O)N13. The van der Waals surface area contributed by atoms with E-state index in [9.17, 15) is 18.0 Å². The maximum Gasteiger partial charge on any atom is 0.416 e. The molecule has 4 rings (SSSR count). The highest BCUT2D eigenvalue weighted by Crippen LogP contribution is 2.49. The number of carbonyl (C=O) groups excluding carboxylic acids is 1. The molecule has 3 atom stereocenters. The molecule has 0 saturated carbocycles. The summed E-state index contributed by atoms with van der Waals surface area (Å²) in [5, 5.41) is 0. The smallest absolute Gasteiger partial charge is 0.352 e. The monoisotopic (exact) mass is 368 g/mol. The average Bonchev–Trinajstić information content (AvgIpc) is 3.18. The quantitative estimate of drug-likeness (QED) is 0.821. The number of carbonyl (C=O) groups is 1. The van der Waals surface area contributed by atoms with Crippen LogP contribution in [0.5, 0.6) is 0 Å². The summed E-state index contributed by atoms with van der Waals surface area (Å²) in [5.41, 5.74) is -1.00. The fourth-order valence-electron chi connectivity index (χ4n) is 4.80. The first-order valence-electron chi connectivity index (χ1n) is 9.09. The highest BCUT2D eigenvalue weighted by Gasteiger charge is 2.64. The molecule has 1 aromatic carbocycles. The highest BCUT2D eigenvalue weighted by atomic mass is 19.4. The average molecular weight is 368 g/mol. The third-order valence-corrected chi connectivity index (χ3v) is 6.06. The van der Waals surface area contributed by atoms with Crippen molar-refractivity contribution in [2.75, 3.05) is 13.2 Å². The van der Waals surface area contributed by atoms with Crippen molar-refractivity contribution in [3.8, 4) is 0 Å². The van der Waals surface area contributed by atoms with Gasteiger partial charge in [-0.2, -0.15) is 13.2 Å². The molecule has 3 heterocycles. The summed E-state index contributed by atoms with van der Waals surface area (Å²) >= 11 is 0. The van der Waals surface area contributed by atoms with Crippen LogP contribution in [0.4, 0.5) is 13.2 Å². The first-order valence-corrected chi connectivity index (χ1v) is 9.09. The lowest BCUT2D eigenvalue weighted by Gasteiger charge is -2.34. The molecule has 7 heteroatoms. The fraction of sp³-hybridized carbons (Fsp3) is 0.632. The second kappa shape index (κ2) is 5.96. The summed E-state index contributed by atoms with van der Waals surface area (Å²) in [5.74, 6) is 0.345. The minimum absolute atomic E-state index is 0.0508. The normalized spacial score (nSPS) is 31.8. The largest absolute Gasteiger partial charge is 0.416 e. The minimum atomic E-state index is -4.38. The van der Waals surface area contributed by atoms with Gasteiger partial charge in [0.15, 0.2) is 5.72 Å². The third-order valence-electron chi connectivity index (χ3n) is 6.06. The van der Waals surface area contributed by atoms with E-state index in [-0.39, 0.29) is 36.0 Å². The summed E-state index contributed by atoms with van der Waals surface area (Å²) in [6.45, 7) is 5.46. The Hall–Kier alpha value is -1.60. The molecule has 3 fully saturated rings. The number of benzene rings is 1. The van der Waals surface area contributed by atoms with Crippen LogP contribution in [0.2, 0.25) is 0 Å². The zero-order valence-electron chi connectivity index (χ0n) is 14.9. The van der Waals surface area contributed by atoms with Gasteiger partial charge in [-0.1, -0.05) is 32.0 Å². The van der Waals surface area contributed by atoms with Crippen LogP contribution in [0, 0.1) is 5.92 Å². The zero-order valence-corrected chi connectivity index (χ0v) is 14.9. The number of rotatable bonds is 3. The number of amides is 1. The molecular formula is C19H23F3N2O2. The molecule has 0 N–H and O–H groups in total. The summed E-state index contributed by atoms with van der Waals surface area (Å²) in [6.07, 6.45) is -3.41. The highest BCUT2D eigenvalue weighted by molar-refractivity contribution is 5.82. The van der Waals surface area contributed by atoms with Gasteiger partial charge in [-0.15, -0.1) is 0 Å². The van der Waals surface area contributed by atoms with Gasteiger partial charge in [-0.3, -0.25) is 9.69 Å². The maximum absolute atomic E-state index is 13.3. The molecule has 1 aromatic rings. The number of hydrogen-bond donors (Lipinski definition) is 0. The Kier molecular flexibility index (Phi) is 4.08. The van der Waals surface area contributed by atoms with E-state index in [1.165, 1.54) is 12.1 Å². The lowest BCUT2D eigenvalue weighted by molar-refractivity contribution is -0.139. The molecule has 1 spiro atoms. The van der Waals surface area contributed by atoms with Crippen LogP contribution in [0.1, 0.15) is 37.8 Å². The molecule has 3 aliphatic rings. The molecule has 0 aliphatic carbocycles. The van der Waals surface area contributed by atoms with Crippen molar-refractivity contribution >= 4 is 5.91 Å². The molecule has 3 aliphatic heterocycles. The van der Waals surface area contributed by atoms with Gasteiger partial charge in [0.1, 0.15) is 0 Å². The van der Waals surface area contributed by atoms with E-state index in [1.807, 2.05) is 9.80 Å². The van der Waals surface area contributed by atoms with E-state index < -0.39 is 17.5 Å². The summed E-state index contributed by atoms with van der Waals surface area (Å²) in [4.78, 5) is 16.5. The molecular weight excluding hydrogens is 345 g/mol. The standard InChI is InChI=1S/C19H23F3N2O2/c1-12(2)15-11-26-18-7-8-23(16(18)9-17(25)24(15)18)10-13-5-3-4-6-14(13)19(20,21)22/h3-6,12,15-16H,7-11H2,1-2H3/t15-,16+,18-/m0/s1. The first kappa shape index (κ1) is 17.8. The predicted molar refractivity (Wildman–Crippen MR) is 89.0 cm³/mol. The van der Waals surface area contributed by atoms with Crippen LogP contribution in [0.25, 0.3) is 0 Å². The second-order valence-electron chi connectivity index (χ2n) is 7.83. The van der Waals surface area contributed by atoms with Crippen molar-refractivity contribution in [3.05, 3.63) is 35.4 Å². The number of alkyl halides is 3. The second-order valence-corrected chi connectivity index (χ2v) is 7.83. The number of halogens is 3. The summed E-state index contributed by atoms with van der Waals surface area (Å²) < 4.78 is 46.0. The van der Waals surface area contributed by atoms with Gasteiger partial charge in [-0.25, -0.2) is 0 Å². The molecule has 0 radical (unpaired) electrons. The van der Waals surface area contributed by atoms with E-state index in [4.69, 9.17) is 4.74 Å². The first-order chi connectivity index (χ1) is 12.2. The fourth-order valence-corrected chi connectivity index (χ4v) is 4.80. The molecule has 4 nitrogen and oxygen atoms in total. The third kappa shape index (κ3) is 2.55. The number of likely N-dealkylation sites (tertiary alicyclic amines) is 1. The summed E-state index contributed by atoms with van der Waals surface area (Å²) in [7, 11) is 0. The van der Waals surface area contributed by atoms with Gasteiger partial charge < -0.3 is 9.64 Å². The topological polar surface area (TPSA) is 32.8 Å². The van der Waals surface area contributed by atoms with Crippen molar-refractivity contribution in [2.45, 2.75) is 57.2 Å².